The lowest BCUT2D eigenvalue weighted by Crippen LogP contribution is -2.43. The van der Waals surface area contributed by atoms with Gasteiger partial charge >= 0.3 is 12.2 Å². The van der Waals surface area contributed by atoms with Crippen LogP contribution < -0.4 is 25.8 Å². The molecule has 11 nitrogen and oxygen atoms in total. The molecule has 0 spiro atoms. The number of hydrogen-bond acceptors (Lipinski definition) is 12. The van der Waals surface area contributed by atoms with Gasteiger partial charge in [0.15, 0.2) is 5.82 Å². The van der Waals surface area contributed by atoms with E-state index in [4.69, 9.17) is 20.9 Å². The Hall–Kier alpha value is -6.00. The highest BCUT2D eigenvalue weighted by Gasteiger charge is 2.50. The maximum atomic E-state index is 17.7. The Morgan fingerprint density at radius 1 is 1.08 bits per heavy atom. The summed E-state index contributed by atoms with van der Waals surface area (Å²) in [5.41, 5.74) is 8.16. The van der Waals surface area contributed by atoms with Gasteiger partial charge in [0.1, 0.15) is 70.6 Å². The number of rotatable bonds is 8. The molecule has 19 heteroatoms. The summed E-state index contributed by atoms with van der Waals surface area (Å²) < 4.78 is 122. The van der Waals surface area contributed by atoms with Crippen molar-refractivity contribution in [3.8, 4) is 29.0 Å². The third kappa shape index (κ3) is 6.45. The van der Waals surface area contributed by atoms with Gasteiger partial charge in [0.05, 0.1) is 40.0 Å². The van der Waals surface area contributed by atoms with Crippen molar-refractivity contribution in [3.63, 3.8) is 0 Å². The van der Waals surface area contributed by atoms with Gasteiger partial charge in [-0.2, -0.15) is 28.4 Å². The van der Waals surface area contributed by atoms with Crippen LogP contribution >= 0.6 is 11.3 Å². The summed E-state index contributed by atoms with van der Waals surface area (Å²) in [5.74, 6) is -4.34. The fraction of sp³-hybridized carbons (Fsp3) is 0.325. The van der Waals surface area contributed by atoms with Gasteiger partial charge in [0, 0.05) is 47.8 Å². The molecular formula is C40H32F7N9O2S. The van der Waals surface area contributed by atoms with Crippen molar-refractivity contribution in [2.45, 2.75) is 49.6 Å². The molecule has 0 radical (unpaired) electrons. The molecule has 0 bridgehead atoms. The number of anilines is 3. The molecule has 3 aliphatic rings. The van der Waals surface area contributed by atoms with E-state index in [1.165, 1.54) is 11.1 Å². The third-order valence-electron chi connectivity index (χ3n) is 11.3. The molecule has 4 N–H and O–H groups in total. The van der Waals surface area contributed by atoms with E-state index < -0.39 is 87.3 Å². The first kappa shape index (κ1) is 38.5. The van der Waals surface area contributed by atoms with E-state index in [2.05, 4.69) is 19.9 Å². The standard InChI is InChI=1S/C40H32F7N9O2S/c41-19-12-23(35(49)52-16-19)26(13-21-4-1-2-8-51-21)56-10-11-57-33-29-32(53-38(54-37(29)56)58-18-39-7-3-9-55(39)17-20(42)14-39)31(44)28(30(33)40(45,46)47)22-5-6-25(43)34-27(22)24(15-48)36(50)59-34/h1-2,4-6,8,12,16,20,26H,3,7,9-11,13-14,17-18,50H2,(H2,49,52)/t20-,26-,39+/m1/s1. The summed E-state index contributed by atoms with van der Waals surface area (Å²) in [7, 11) is 0. The van der Waals surface area contributed by atoms with Gasteiger partial charge in [0.2, 0.25) is 0 Å². The highest BCUT2D eigenvalue weighted by Crippen LogP contribution is 2.54. The van der Waals surface area contributed by atoms with Crippen molar-refractivity contribution >= 4 is 49.0 Å². The number of aromatic nitrogens is 4. The number of alkyl halides is 4. The zero-order chi connectivity index (χ0) is 41.4. The van der Waals surface area contributed by atoms with Gasteiger partial charge in [-0.1, -0.05) is 12.1 Å². The molecule has 9 rings (SSSR count). The van der Waals surface area contributed by atoms with Crippen molar-refractivity contribution in [2.75, 3.05) is 49.2 Å². The predicted molar refractivity (Wildman–Crippen MR) is 205 cm³/mol. The predicted octanol–water partition coefficient (Wildman–Crippen LogP) is 7.91. The zero-order valence-corrected chi connectivity index (χ0v) is 31.6. The van der Waals surface area contributed by atoms with E-state index in [1.807, 2.05) is 11.0 Å². The van der Waals surface area contributed by atoms with E-state index in [1.54, 1.807) is 18.2 Å². The number of nitrogen functional groups attached to an aromatic ring is 2. The third-order valence-corrected chi connectivity index (χ3v) is 12.4. The molecule has 304 valence electrons. The van der Waals surface area contributed by atoms with Crippen LogP contribution in [-0.2, 0) is 12.6 Å². The maximum absolute atomic E-state index is 17.7. The number of fused-ring (bicyclic) bond motifs is 2. The van der Waals surface area contributed by atoms with Crippen LogP contribution in [0.2, 0.25) is 0 Å². The second-order valence-electron chi connectivity index (χ2n) is 14.8. The average Bonchev–Trinajstić information content (AvgIpc) is 3.81. The number of ether oxygens (including phenoxy) is 2. The number of thiophene rings is 1. The molecule has 0 aliphatic carbocycles. The number of nitrogens with two attached hydrogens (primary N) is 2. The lowest BCUT2D eigenvalue weighted by atomic mass is 9.91. The molecule has 4 aromatic heterocycles. The Morgan fingerprint density at radius 2 is 1.92 bits per heavy atom. The summed E-state index contributed by atoms with van der Waals surface area (Å²) >= 11 is 0.636. The van der Waals surface area contributed by atoms with Gasteiger partial charge in [-0.3, -0.25) is 9.88 Å². The summed E-state index contributed by atoms with van der Waals surface area (Å²) in [6.07, 6.45) is -2.47. The van der Waals surface area contributed by atoms with Gasteiger partial charge in [-0.15, -0.1) is 11.3 Å². The lowest BCUT2D eigenvalue weighted by Gasteiger charge is -2.33. The van der Waals surface area contributed by atoms with Crippen molar-refractivity contribution in [2.24, 2.45) is 0 Å². The fourth-order valence-corrected chi connectivity index (χ4v) is 9.80. The Bertz CT molecular complexity index is 2690. The first-order valence-electron chi connectivity index (χ1n) is 18.6. The van der Waals surface area contributed by atoms with E-state index >= 15 is 22.0 Å². The largest absolute Gasteiger partial charge is 0.490 e. The minimum Gasteiger partial charge on any atom is -0.490 e. The van der Waals surface area contributed by atoms with Gasteiger partial charge < -0.3 is 25.8 Å². The molecule has 0 saturated carbocycles. The number of hydrogen-bond donors (Lipinski definition) is 2. The fourth-order valence-electron chi connectivity index (χ4n) is 8.85. The summed E-state index contributed by atoms with van der Waals surface area (Å²) in [4.78, 5) is 20.9. The van der Waals surface area contributed by atoms with Crippen LogP contribution in [0.5, 0.6) is 11.8 Å². The van der Waals surface area contributed by atoms with Gasteiger partial charge in [-0.25, -0.2) is 22.5 Å². The summed E-state index contributed by atoms with van der Waals surface area (Å²) in [5, 5.41) is 9.01. The Kier molecular flexibility index (Phi) is 9.38. The van der Waals surface area contributed by atoms with Crippen molar-refractivity contribution in [3.05, 3.63) is 88.6 Å². The first-order chi connectivity index (χ1) is 28.3. The number of nitriles is 1. The molecule has 2 aromatic carbocycles. The molecule has 2 saturated heterocycles. The quantitative estimate of drug-likeness (QED) is 0.144. The second-order valence-corrected chi connectivity index (χ2v) is 15.8. The second kappa shape index (κ2) is 14.4. The zero-order valence-electron chi connectivity index (χ0n) is 30.8. The molecule has 3 atom stereocenters. The van der Waals surface area contributed by atoms with E-state index in [0.717, 1.165) is 30.8 Å². The van der Waals surface area contributed by atoms with E-state index in [9.17, 15) is 14.0 Å². The minimum absolute atomic E-state index is 0.0000764. The number of nitrogens with zero attached hydrogens (tertiary/aromatic N) is 7. The molecular weight excluding hydrogens is 804 g/mol. The molecule has 59 heavy (non-hydrogen) atoms. The normalized spacial score (nSPS) is 19.8. The molecule has 2 fully saturated rings. The highest BCUT2D eigenvalue weighted by atomic mass is 32.1. The van der Waals surface area contributed by atoms with Crippen LogP contribution in [0.1, 0.15) is 47.7 Å². The smallest absolute Gasteiger partial charge is 0.420 e. The molecule has 3 aliphatic heterocycles. The molecule has 7 heterocycles. The van der Waals surface area contributed by atoms with Crippen LogP contribution in [0, 0.1) is 28.8 Å². The Labute approximate surface area is 335 Å². The summed E-state index contributed by atoms with van der Waals surface area (Å²) in [6.45, 7) is 0.0578. The van der Waals surface area contributed by atoms with E-state index in [-0.39, 0.29) is 70.4 Å². The first-order valence-corrected chi connectivity index (χ1v) is 19.4. The van der Waals surface area contributed by atoms with Crippen molar-refractivity contribution < 1.29 is 40.2 Å². The van der Waals surface area contributed by atoms with Crippen LogP contribution in [-0.4, -0.2) is 69.4 Å². The van der Waals surface area contributed by atoms with Crippen LogP contribution in [0.4, 0.5) is 47.4 Å². The molecule has 0 amide bonds. The van der Waals surface area contributed by atoms with Crippen LogP contribution in [0.15, 0.2) is 48.8 Å². The maximum Gasteiger partial charge on any atom is 0.420 e. The van der Waals surface area contributed by atoms with Crippen LogP contribution in [0.25, 0.3) is 32.1 Å². The Balaban J connectivity index is 1.34. The lowest BCUT2D eigenvalue weighted by molar-refractivity contribution is -0.138. The topological polar surface area (TPSA) is 152 Å². The number of pyridine rings is 2. The SMILES string of the molecule is N#Cc1c(N)sc2c(F)ccc(-c3c(C(F)(F)F)c4c5c(nc(OC[C@@]67CCCN6C[C@H](F)C7)nc5c3F)N([C@H](Cc3ccccn3)c3cc(F)cnc3N)CCO4)c12. The van der Waals surface area contributed by atoms with E-state index in [0.29, 0.717) is 30.0 Å². The van der Waals surface area contributed by atoms with Gasteiger partial charge in [-0.05, 0) is 49.2 Å². The van der Waals surface area contributed by atoms with Gasteiger partial charge in [0.25, 0.3) is 0 Å². The minimum atomic E-state index is -5.32. The number of halogens is 7. The average molecular weight is 836 g/mol. The highest BCUT2D eigenvalue weighted by molar-refractivity contribution is 7.23. The van der Waals surface area contributed by atoms with Crippen LogP contribution in [0.3, 0.4) is 0 Å². The summed E-state index contributed by atoms with van der Waals surface area (Å²) in [6, 6.07) is 8.40. The molecule has 0 unspecified atom stereocenters. The Morgan fingerprint density at radius 3 is 2.68 bits per heavy atom. The molecule has 6 aromatic rings. The number of benzene rings is 2. The van der Waals surface area contributed by atoms with Crippen molar-refractivity contribution in [1.82, 2.24) is 24.8 Å². The van der Waals surface area contributed by atoms with Crippen molar-refractivity contribution in [1.29, 1.82) is 5.26 Å². The monoisotopic (exact) mass is 835 g/mol.